The largest absolute Gasteiger partial charge is 0.591 e. The summed E-state index contributed by atoms with van der Waals surface area (Å²) in [7, 11) is 2.70. The highest BCUT2D eigenvalue weighted by Gasteiger charge is 2.29. The van der Waals surface area contributed by atoms with Crippen molar-refractivity contribution in [1.29, 1.82) is 0 Å². The van der Waals surface area contributed by atoms with Crippen molar-refractivity contribution in [2.45, 2.75) is 38.0 Å². The average Bonchev–Trinajstić information content (AvgIpc) is 2.71. The smallest absolute Gasteiger partial charge is 0.358 e. The zero-order valence-corrected chi connectivity index (χ0v) is 18.3. The number of carbonyl (C=O) groups is 1. The predicted molar refractivity (Wildman–Crippen MR) is 112 cm³/mol. The molecule has 10 heteroatoms. The molecule has 0 bridgehead atoms. The van der Waals surface area contributed by atoms with Gasteiger partial charge in [0, 0.05) is 18.1 Å². The molecule has 9 nitrogen and oxygen atoms in total. The molecule has 1 aromatic carbocycles. The zero-order chi connectivity index (χ0) is 22.5. The second kappa shape index (κ2) is 9.88. The normalized spacial score (nSPS) is 14.2. The Balaban J connectivity index is 2.37. The molecule has 0 amide bonds. The van der Waals surface area contributed by atoms with Crippen LogP contribution in [0.25, 0.3) is 0 Å². The third-order valence-corrected chi connectivity index (χ3v) is 5.46. The summed E-state index contributed by atoms with van der Waals surface area (Å²) in [4.78, 5) is 19.5. The van der Waals surface area contributed by atoms with E-state index in [2.05, 4.69) is 19.1 Å². The Morgan fingerprint density at radius 2 is 1.97 bits per heavy atom. The first kappa shape index (κ1) is 23.6. The number of ether oxygens (including phenoxy) is 2. The Labute approximate surface area is 178 Å². The predicted octanol–water partition coefficient (Wildman–Crippen LogP) is 2.35. The number of hydrogen-bond acceptors (Lipinski definition) is 9. The minimum atomic E-state index is -1.63. The summed E-state index contributed by atoms with van der Waals surface area (Å²) >= 11 is -1.63. The maximum atomic E-state index is 12.6. The lowest BCUT2D eigenvalue weighted by Crippen LogP contribution is -2.27. The summed E-state index contributed by atoms with van der Waals surface area (Å²) in [6.45, 7) is 5.31. The molecule has 162 valence electrons. The molecular formula is C20H25N3O6S. The van der Waals surface area contributed by atoms with Gasteiger partial charge in [0.05, 0.1) is 32.3 Å². The van der Waals surface area contributed by atoms with Gasteiger partial charge >= 0.3 is 5.97 Å². The van der Waals surface area contributed by atoms with Crippen LogP contribution >= 0.6 is 0 Å². The standard InChI is InChI=1S/C20H25N3O6S/c1-20(2,3)30(27)23-14(13-7-6-12(28-4)8-17(13)24)9-18(25)15-10-22-16(11-21-15)19(26)29-5/h6-8,10-11,18,24-25H,9H2,1-5H3/b23-14+/t18?,30-/m0/s1. The van der Waals surface area contributed by atoms with Gasteiger partial charge in [0.1, 0.15) is 39.4 Å². The van der Waals surface area contributed by atoms with Crippen LogP contribution in [0.3, 0.4) is 0 Å². The second-order valence-electron chi connectivity index (χ2n) is 7.32. The molecule has 0 spiro atoms. The number of benzene rings is 1. The maximum absolute atomic E-state index is 12.6. The number of phenolic OH excluding ortho intramolecular Hbond substituents is 1. The van der Waals surface area contributed by atoms with E-state index in [9.17, 15) is 19.6 Å². The van der Waals surface area contributed by atoms with Gasteiger partial charge in [-0.1, -0.05) is 4.40 Å². The molecule has 2 N–H and O–H groups in total. The first-order valence-corrected chi connectivity index (χ1v) is 10.1. The van der Waals surface area contributed by atoms with Crippen molar-refractivity contribution >= 4 is 23.0 Å². The lowest BCUT2D eigenvalue weighted by molar-refractivity contribution is 0.0593. The molecule has 1 aromatic heterocycles. The van der Waals surface area contributed by atoms with E-state index in [4.69, 9.17) is 4.74 Å². The average molecular weight is 436 g/mol. The lowest BCUT2D eigenvalue weighted by atomic mass is 10.0. The van der Waals surface area contributed by atoms with Crippen molar-refractivity contribution in [3.8, 4) is 11.5 Å². The van der Waals surface area contributed by atoms with Crippen LogP contribution in [0.15, 0.2) is 35.0 Å². The van der Waals surface area contributed by atoms with E-state index in [0.717, 1.165) is 0 Å². The molecule has 2 rings (SSSR count). The highest BCUT2D eigenvalue weighted by molar-refractivity contribution is 7.91. The fraction of sp³-hybridized carbons (Fsp3) is 0.400. The van der Waals surface area contributed by atoms with Crippen molar-refractivity contribution in [3.05, 3.63) is 47.5 Å². The Hall–Kier alpha value is -2.69. The molecule has 30 heavy (non-hydrogen) atoms. The fourth-order valence-electron chi connectivity index (χ4n) is 2.32. The monoisotopic (exact) mass is 435 g/mol. The number of nitrogens with zero attached hydrogens (tertiary/aromatic N) is 3. The number of methoxy groups -OCH3 is 2. The molecule has 0 radical (unpaired) electrons. The van der Waals surface area contributed by atoms with Crippen LogP contribution in [0, 0.1) is 0 Å². The number of aliphatic hydroxyl groups excluding tert-OH is 1. The summed E-state index contributed by atoms with van der Waals surface area (Å²) in [6, 6.07) is 4.61. The molecular weight excluding hydrogens is 410 g/mol. The SMILES string of the molecule is COC(=O)c1cnc(C(O)C/C(=N\[S@@+]([O-])C(C)(C)C)c2ccc(OC)cc2O)cn1. The van der Waals surface area contributed by atoms with E-state index in [0.29, 0.717) is 11.3 Å². The number of hydrogen-bond donors (Lipinski definition) is 2. The number of carbonyl (C=O) groups excluding carboxylic acids is 1. The second-order valence-corrected chi connectivity index (χ2v) is 9.23. The molecule has 1 heterocycles. The molecule has 0 saturated heterocycles. The third-order valence-electron chi connectivity index (χ3n) is 4.03. The summed E-state index contributed by atoms with van der Waals surface area (Å²) in [6.07, 6.45) is 1.19. The molecule has 0 fully saturated rings. The highest BCUT2D eigenvalue weighted by atomic mass is 32.2. The van der Waals surface area contributed by atoms with Gasteiger partial charge in [0.15, 0.2) is 5.69 Å². The van der Waals surface area contributed by atoms with Gasteiger partial charge in [-0.25, -0.2) is 9.78 Å². The topological polar surface area (TPSA) is 137 Å². The summed E-state index contributed by atoms with van der Waals surface area (Å²) < 4.78 is 25.9. The Morgan fingerprint density at radius 3 is 2.47 bits per heavy atom. The van der Waals surface area contributed by atoms with Gasteiger partial charge in [-0.3, -0.25) is 4.98 Å². The van der Waals surface area contributed by atoms with Crippen LogP contribution in [-0.4, -0.2) is 55.4 Å². The van der Waals surface area contributed by atoms with E-state index in [1.54, 1.807) is 32.9 Å². The first-order chi connectivity index (χ1) is 14.1. The lowest BCUT2D eigenvalue weighted by Gasteiger charge is -2.20. The molecule has 0 aliphatic carbocycles. The number of rotatable bonds is 7. The van der Waals surface area contributed by atoms with E-state index >= 15 is 0 Å². The van der Waals surface area contributed by atoms with Gasteiger partial charge in [-0.2, -0.15) is 0 Å². The molecule has 0 aliphatic heterocycles. The molecule has 2 atom stereocenters. The summed E-state index contributed by atoms with van der Waals surface area (Å²) in [5, 5.41) is 21.0. The highest BCUT2D eigenvalue weighted by Crippen LogP contribution is 2.29. The van der Waals surface area contributed by atoms with E-state index in [-0.39, 0.29) is 29.3 Å². The van der Waals surface area contributed by atoms with Gasteiger partial charge in [-0.15, -0.1) is 0 Å². The van der Waals surface area contributed by atoms with Crippen molar-refractivity contribution in [2.75, 3.05) is 14.2 Å². The van der Waals surface area contributed by atoms with Crippen LogP contribution in [0.4, 0.5) is 0 Å². The fourth-order valence-corrected chi connectivity index (χ4v) is 2.97. The third kappa shape index (κ3) is 5.91. The van der Waals surface area contributed by atoms with Crippen molar-refractivity contribution in [2.24, 2.45) is 4.40 Å². The number of phenols is 1. The zero-order valence-electron chi connectivity index (χ0n) is 17.4. The van der Waals surface area contributed by atoms with Crippen LogP contribution in [-0.2, 0) is 16.1 Å². The maximum Gasteiger partial charge on any atom is 0.358 e. The molecule has 1 unspecified atom stereocenters. The van der Waals surface area contributed by atoms with Crippen LogP contribution in [0.5, 0.6) is 11.5 Å². The molecule has 0 saturated carbocycles. The number of aliphatic hydroxyl groups is 1. The minimum absolute atomic E-state index is 0.00368. The Morgan fingerprint density at radius 1 is 1.27 bits per heavy atom. The van der Waals surface area contributed by atoms with Gasteiger partial charge in [0.25, 0.3) is 0 Å². The summed E-state index contributed by atoms with van der Waals surface area (Å²) in [5.41, 5.74) is 0.732. The van der Waals surface area contributed by atoms with Crippen LogP contribution in [0.2, 0.25) is 0 Å². The van der Waals surface area contributed by atoms with Crippen LogP contribution in [0.1, 0.15) is 55.0 Å². The number of esters is 1. The minimum Gasteiger partial charge on any atom is -0.591 e. The van der Waals surface area contributed by atoms with E-state index in [1.807, 2.05) is 0 Å². The van der Waals surface area contributed by atoms with Crippen molar-refractivity contribution < 1.29 is 29.0 Å². The first-order valence-electron chi connectivity index (χ1n) is 9.02. The summed E-state index contributed by atoms with van der Waals surface area (Å²) in [5.74, 6) is -0.329. The number of aromatic nitrogens is 2. The van der Waals surface area contributed by atoms with Gasteiger partial charge < -0.3 is 24.2 Å². The van der Waals surface area contributed by atoms with Crippen LogP contribution < -0.4 is 4.74 Å². The number of aromatic hydroxyl groups is 1. The van der Waals surface area contributed by atoms with E-state index < -0.39 is 28.2 Å². The molecule has 0 aliphatic rings. The molecule has 2 aromatic rings. The van der Waals surface area contributed by atoms with Gasteiger partial charge in [-0.05, 0) is 32.9 Å². The Bertz CT molecular complexity index is 912. The van der Waals surface area contributed by atoms with Crippen molar-refractivity contribution in [3.63, 3.8) is 0 Å². The van der Waals surface area contributed by atoms with Crippen molar-refractivity contribution in [1.82, 2.24) is 9.97 Å². The van der Waals surface area contributed by atoms with Gasteiger partial charge in [0.2, 0.25) is 0 Å². The Kier molecular flexibility index (Phi) is 7.77. The van der Waals surface area contributed by atoms with E-state index in [1.165, 1.54) is 32.7 Å². The quantitative estimate of drug-likeness (QED) is 0.384.